The molecular weight excluding hydrogens is 340 g/mol. The fraction of sp³-hybridized carbons (Fsp3) is 0.650. The zero-order valence-electron chi connectivity index (χ0n) is 17.0. The summed E-state index contributed by atoms with van der Waals surface area (Å²) in [6.07, 6.45) is 4.75. The standard InChI is InChI=1S/C20H32N6O/c1-14-7-11-26(12-8-14)10-6-5-9-21-20(27)18-13-17(22-23-18)19-15(2)24-25(4)16(19)3/h13-14H,5-12H2,1-4H3,(H,21,27)(H,22,23). The van der Waals surface area contributed by atoms with E-state index in [1.165, 1.54) is 25.9 Å². The first-order valence-electron chi connectivity index (χ1n) is 10.0. The van der Waals surface area contributed by atoms with E-state index >= 15 is 0 Å². The first-order chi connectivity index (χ1) is 13.0. The Kier molecular flexibility index (Phi) is 6.31. The van der Waals surface area contributed by atoms with Gasteiger partial charge in [-0.2, -0.15) is 10.2 Å². The number of aromatic amines is 1. The molecule has 7 nitrogen and oxygen atoms in total. The molecule has 7 heteroatoms. The molecule has 1 amide bonds. The van der Waals surface area contributed by atoms with Gasteiger partial charge in [0.25, 0.3) is 5.91 Å². The highest BCUT2D eigenvalue weighted by atomic mass is 16.1. The second kappa shape index (κ2) is 8.69. The van der Waals surface area contributed by atoms with Crippen LogP contribution in [0.5, 0.6) is 0 Å². The molecule has 0 aliphatic carbocycles. The second-order valence-corrected chi connectivity index (χ2v) is 7.82. The van der Waals surface area contributed by atoms with Crippen LogP contribution in [0, 0.1) is 19.8 Å². The number of amides is 1. The predicted molar refractivity (Wildman–Crippen MR) is 107 cm³/mol. The molecule has 0 atom stereocenters. The molecule has 0 unspecified atom stereocenters. The third kappa shape index (κ3) is 4.77. The zero-order valence-corrected chi connectivity index (χ0v) is 17.0. The van der Waals surface area contributed by atoms with Crippen LogP contribution < -0.4 is 5.32 Å². The summed E-state index contributed by atoms with van der Waals surface area (Å²) in [6, 6.07) is 1.81. The third-order valence-electron chi connectivity index (χ3n) is 5.65. The van der Waals surface area contributed by atoms with Crippen LogP contribution in [0.15, 0.2) is 6.07 Å². The molecule has 0 saturated carbocycles. The molecule has 0 spiro atoms. The monoisotopic (exact) mass is 372 g/mol. The molecule has 3 heterocycles. The van der Waals surface area contributed by atoms with Crippen molar-refractivity contribution in [2.45, 2.75) is 46.5 Å². The molecule has 1 saturated heterocycles. The van der Waals surface area contributed by atoms with Crippen molar-refractivity contribution in [2.75, 3.05) is 26.2 Å². The summed E-state index contributed by atoms with van der Waals surface area (Å²) in [4.78, 5) is 14.9. The molecule has 2 N–H and O–H groups in total. The summed E-state index contributed by atoms with van der Waals surface area (Å²) in [5.41, 5.74) is 4.21. The van der Waals surface area contributed by atoms with E-state index in [1.54, 1.807) is 6.07 Å². The lowest BCUT2D eigenvalue weighted by Crippen LogP contribution is -2.34. The van der Waals surface area contributed by atoms with Crippen molar-refractivity contribution >= 4 is 5.91 Å². The number of piperidine rings is 1. The van der Waals surface area contributed by atoms with Crippen LogP contribution in [0.1, 0.15) is 54.5 Å². The van der Waals surface area contributed by atoms with Gasteiger partial charge in [-0.1, -0.05) is 6.92 Å². The van der Waals surface area contributed by atoms with Gasteiger partial charge in [-0.25, -0.2) is 0 Å². The smallest absolute Gasteiger partial charge is 0.269 e. The maximum absolute atomic E-state index is 12.4. The molecule has 2 aromatic rings. The van der Waals surface area contributed by atoms with Gasteiger partial charge in [-0.05, 0) is 71.1 Å². The Hall–Kier alpha value is -2.15. The Morgan fingerprint density at radius 1 is 1.30 bits per heavy atom. The minimum atomic E-state index is -0.0975. The number of carbonyl (C=O) groups excluding carboxylic acids is 1. The number of hydrogen-bond donors (Lipinski definition) is 2. The van der Waals surface area contributed by atoms with E-state index in [0.29, 0.717) is 12.2 Å². The summed E-state index contributed by atoms with van der Waals surface area (Å²) in [5, 5.41) is 14.6. The Labute approximate surface area is 161 Å². The SMILES string of the molecule is Cc1nn(C)c(C)c1-c1cc(C(=O)NCCCCN2CCC(C)CC2)[nH]n1. The van der Waals surface area contributed by atoms with Crippen molar-refractivity contribution in [1.29, 1.82) is 0 Å². The molecule has 0 bridgehead atoms. The Morgan fingerprint density at radius 2 is 2.04 bits per heavy atom. The molecule has 3 rings (SSSR count). The van der Waals surface area contributed by atoms with Crippen LogP contribution in [0.25, 0.3) is 11.3 Å². The van der Waals surface area contributed by atoms with E-state index in [9.17, 15) is 4.79 Å². The fourth-order valence-electron chi connectivity index (χ4n) is 3.75. The Balaban J connectivity index is 1.43. The Morgan fingerprint density at radius 3 is 2.70 bits per heavy atom. The average Bonchev–Trinajstić information content (AvgIpc) is 3.21. The molecule has 27 heavy (non-hydrogen) atoms. The molecule has 0 radical (unpaired) electrons. The van der Waals surface area contributed by atoms with Crippen LogP contribution in [0.3, 0.4) is 0 Å². The van der Waals surface area contributed by atoms with Crippen LogP contribution in [0.4, 0.5) is 0 Å². The second-order valence-electron chi connectivity index (χ2n) is 7.82. The zero-order chi connectivity index (χ0) is 19.4. The van der Waals surface area contributed by atoms with Gasteiger partial charge in [0, 0.05) is 24.8 Å². The van der Waals surface area contributed by atoms with E-state index in [4.69, 9.17) is 0 Å². The van der Waals surface area contributed by atoms with Gasteiger partial charge in [-0.15, -0.1) is 0 Å². The topological polar surface area (TPSA) is 78.8 Å². The van der Waals surface area contributed by atoms with E-state index < -0.39 is 0 Å². The van der Waals surface area contributed by atoms with Gasteiger partial charge in [0.05, 0.1) is 11.4 Å². The summed E-state index contributed by atoms with van der Waals surface area (Å²) in [6.45, 7) is 10.6. The minimum absolute atomic E-state index is 0.0975. The maximum Gasteiger partial charge on any atom is 0.269 e. The first-order valence-corrected chi connectivity index (χ1v) is 10.0. The molecule has 1 fully saturated rings. The van der Waals surface area contributed by atoms with Gasteiger partial charge in [-0.3, -0.25) is 14.6 Å². The highest BCUT2D eigenvalue weighted by molar-refractivity contribution is 5.93. The van der Waals surface area contributed by atoms with Crippen molar-refractivity contribution in [1.82, 2.24) is 30.2 Å². The van der Waals surface area contributed by atoms with Crippen molar-refractivity contribution < 1.29 is 4.79 Å². The van der Waals surface area contributed by atoms with Gasteiger partial charge in [0.1, 0.15) is 5.69 Å². The molecular formula is C20H32N6O. The Bertz CT molecular complexity index is 770. The number of hydrogen-bond acceptors (Lipinski definition) is 4. The van der Waals surface area contributed by atoms with Crippen LogP contribution in [-0.4, -0.2) is 57.0 Å². The minimum Gasteiger partial charge on any atom is -0.351 e. The lowest BCUT2D eigenvalue weighted by Gasteiger charge is -2.30. The van der Waals surface area contributed by atoms with Crippen molar-refractivity contribution in [2.24, 2.45) is 13.0 Å². The summed E-state index contributed by atoms with van der Waals surface area (Å²) in [5.74, 6) is 0.777. The van der Waals surface area contributed by atoms with E-state index in [2.05, 4.69) is 32.4 Å². The number of carbonyl (C=O) groups is 1. The highest BCUT2D eigenvalue weighted by Crippen LogP contribution is 2.25. The quantitative estimate of drug-likeness (QED) is 0.733. The van der Waals surface area contributed by atoms with Gasteiger partial charge >= 0.3 is 0 Å². The van der Waals surface area contributed by atoms with Gasteiger partial charge in [0.15, 0.2) is 0 Å². The number of likely N-dealkylation sites (tertiary alicyclic amines) is 1. The molecule has 2 aromatic heterocycles. The van der Waals surface area contributed by atoms with E-state index in [-0.39, 0.29) is 5.91 Å². The van der Waals surface area contributed by atoms with Crippen LogP contribution >= 0.6 is 0 Å². The lowest BCUT2D eigenvalue weighted by molar-refractivity contribution is 0.0947. The fourth-order valence-corrected chi connectivity index (χ4v) is 3.75. The number of H-pyrrole nitrogens is 1. The number of unbranched alkanes of at least 4 members (excludes halogenated alkanes) is 1. The summed E-state index contributed by atoms with van der Waals surface area (Å²) in [7, 11) is 1.91. The van der Waals surface area contributed by atoms with E-state index in [1.807, 2.05) is 25.6 Å². The number of aromatic nitrogens is 4. The van der Waals surface area contributed by atoms with Crippen molar-refractivity contribution in [3.05, 3.63) is 23.1 Å². The molecule has 148 valence electrons. The largest absolute Gasteiger partial charge is 0.351 e. The van der Waals surface area contributed by atoms with Crippen LogP contribution in [0.2, 0.25) is 0 Å². The molecule has 1 aliphatic rings. The number of nitrogens with one attached hydrogen (secondary N) is 2. The first kappa shape index (κ1) is 19.6. The normalized spacial score (nSPS) is 16.0. The number of nitrogens with zero attached hydrogens (tertiary/aromatic N) is 4. The average molecular weight is 373 g/mol. The molecule has 1 aliphatic heterocycles. The number of aryl methyl sites for hydroxylation is 2. The highest BCUT2D eigenvalue weighted by Gasteiger charge is 2.17. The van der Waals surface area contributed by atoms with Crippen LogP contribution in [-0.2, 0) is 7.05 Å². The predicted octanol–water partition coefficient (Wildman–Crippen LogP) is 2.67. The number of rotatable bonds is 7. The lowest BCUT2D eigenvalue weighted by atomic mass is 9.99. The van der Waals surface area contributed by atoms with Crippen molar-refractivity contribution in [3.8, 4) is 11.3 Å². The van der Waals surface area contributed by atoms with Crippen molar-refractivity contribution in [3.63, 3.8) is 0 Å². The molecule has 0 aromatic carbocycles. The summed E-state index contributed by atoms with van der Waals surface area (Å²) >= 11 is 0. The van der Waals surface area contributed by atoms with E-state index in [0.717, 1.165) is 47.9 Å². The third-order valence-corrected chi connectivity index (χ3v) is 5.65. The van der Waals surface area contributed by atoms with Gasteiger partial charge < -0.3 is 10.2 Å². The summed E-state index contributed by atoms with van der Waals surface area (Å²) < 4.78 is 1.84. The maximum atomic E-state index is 12.4. The van der Waals surface area contributed by atoms with Gasteiger partial charge in [0.2, 0.25) is 0 Å².